The summed E-state index contributed by atoms with van der Waals surface area (Å²) in [7, 11) is 0. The Morgan fingerprint density at radius 2 is 1.86 bits per heavy atom. The lowest BCUT2D eigenvalue weighted by Gasteiger charge is -2.37. The Morgan fingerprint density at radius 3 is 2.56 bits per heavy atom. The molecule has 2 aliphatic rings. The van der Waals surface area contributed by atoms with Crippen LogP contribution in [0.4, 0.5) is 23.0 Å². The molecule has 36 heavy (non-hydrogen) atoms. The first-order chi connectivity index (χ1) is 17.6. The van der Waals surface area contributed by atoms with E-state index in [2.05, 4.69) is 27.3 Å². The van der Waals surface area contributed by atoms with Crippen LogP contribution in [0.1, 0.15) is 12.8 Å². The molecule has 0 aliphatic carbocycles. The second-order valence-electron chi connectivity index (χ2n) is 9.35. The van der Waals surface area contributed by atoms with Gasteiger partial charge < -0.3 is 25.8 Å². The summed E-state index contributed by atoms with van der Waals surface area (Å²) in [6.45, 7) is 4.58. The van der Waals surface area contributed by atoms with E-state index in [0.29, 0.717) is 17.0 Å². The van der Waals surface area contributed by atoms with Crippen LogP contribution in [0.25, 0.3) is 11.3 Å². The number of rotatable bonds is 8. The van der Waals surface area contributed by atoms with Gasteiger partial charge in [-0.15, -0.1) is 0 Å². The number of likely N-dealkylation sites (tertiary alicyclic amines) is 1. The molecule has 2 atom stereocenters. The van der Waals surface area contributed by atoms with E-state index in [9.17, 15) is 9.90 Å². The molecule has 0 spiro atoms. The molecule has 0 bridgehead atoms. The van der Waals surface area contributed by atoms with Crippen molar-refractivity contribution in [3.63, 3.8) is 0 Å². The lowest BCUT2D eigenvalue weighted by atomic mass is 10.1. The molecule has 3 aromatic rings. The maximum atomic E-state index is 12.1. The summed E-state index contributed by atoms with van der Waals surface area (Å²) in [5, 5.41) is 13.0. The average molecular weight is 490 g/mol. The number of primary amides is 1. The van der Waals surface area contributed by atoms with Gasteiger partial charge in [-0.05, 0) is 54.6 Å². The van der Waals surface area contributed by atoms with Gasteiger partial charge in [0.1, 0.15) is 12.2 Å². The van der Waals surface area contributed by atoms with Gasteiger partial charge in [0.2, 0.25) is 5.95 Å². The summed E-state index contributed by atoms with van der Waals surface area (Å²) >= 11 is 0. The van der Waals surface area contributed by atoms with Crippen LogP contribution in [-0.4, -0.2) is 73.0 Å². The first-order valence-corrected chi connectivity index (χ1v) is 12.5. The average Bonchev–Trinajstić information content (AvgIpc) is 3.35. The van der Waals surface area contributed by atoms with Crippen molar-refractivity contribution < 1.29 is 14.6 Å². The number of ether oxygens (including phenoxy) is 1. The minimum atomic E-state index is -0.313. The second-order valence-corrected chi connectivity index (χ2v) is 9.35. The van der Waals surface area contributed by atoms with Gasteiger partial charge in [-0.1, -0.05) is 0 Å². The third kappa shape index (κ3) is 4.90. The summed E-state index contributed by atoms with van der Waals surface area (Å²) in [6, 6.07) is 17.9. The standard InChI is InChI=1S/C27H32N6O3/c28-26(35)25-2-1-15-33(25,16-17-34)23-9-3-20(4-10-23)24-11-12-29-27(31-24)30-21-5-7-22(8-6-21)32-13-18-36-19-14-32/h3-12,25,34H,1-2,13-19H2,(H2-,28,29,30,31,35)/p+1/t25-,33?/m1/s1. The molecular formula is C27H33N6O3+. The molecule has 2 aromatic carbocycles. The van der Waals surface area contributed by atoms with E-state index < -0.39 is 0 Å². The lowest BCUT2D eigenvalue weighted by Crippen LogP contribution is -2.59. The number of nitrogens with zero attached hydrogens (tertiary/aromatic N) is 4. The van der Waals surface area contributed by atoms with Crippen LogP contribution in [0, 0.1) is 0 Å². The fourth-order valence-corrected chi connectivity index (χ4v) is 5.45. The number of anilines is 3. The number of hydrogen-bond acceptors (Lipinski definition) is 7. The van der Waals surface area contributed by atoms with Crippen molar-refractivity contribution in [1.82, 2.24) is 14.5 Å². The minimum Gasteiger partial charge on any atom is -0.390 e. The molecule has 2 saturated heterocycles. The second kappa shape index (κ2) is 10.6. The number of amides is 1. The zero-order chi connectivity index (χ0) is 25.0. The molecule has 0 saturated carbocycles. The first-order valence-electron chi connectivity index (χ1n) is 12.5. The zero-order valence-electron chi connectivity index (χ0n) is 20.3. The van der Waals surface area contributed by atoms with E-state index in [4.69, 9.17) is 15.5 Å². The van der Waals surface area contributed by atoms with E-state index in [-0.39, 0.29) is 18.6 Å². The van der Waals surface area contributed by atoms with Crippen LogP contribution in [0.15, 0.2) is 60.8 Å². The predicted octanol–water partition coefficient (Wildman–Crippen LogP) is 2.67. The highest BCUT2D eigenvalue weighted by molar-refractivity contribution is 5.83. The van der Waals surface area contributed by atoms with Gasteiger partial charge in [0, 0.05) is 49.1 Å². The molecule has 1 amide bonds. The number of aliphatic hydroxyl groups is 1. The molecule has 2 aliphatic heterocycles. The van der Waals surface area contributed by atoms with Gasteiger partial charge in [-0.3, -0.25) is 9.28 Å². The largest absolute Gasteiger partial charge is 0.390 e. The number of nitrogens with one attached hydrogen (secondary N) is 1. The van der Waals surface area contributed by atoms with Gasteiger partial charge in [0.25, 0.3) is 5.91 Å². The van der Waals surface area contributed by atoms with Crippen molar-refractivity contribution in [2.45, 2.75) is 18.9 Å². The molecule has 9 heteroatoms. The molecular weight excluding hydrogens is 456 g/mol. The third-order valence-electron chi connectivity index (χ3n) is 7.29. The summed E-state index contributed by atoms with van der Waals surface area (Å²) in [5.41, 5.74) is 10.5. The highest BCUT2D eigenvalue weighted by atomic mass is 16.5. The summed E-state index contributed by atoms with van der Waals surface area (Å²) in [4.78, 5) is 23.5. The van der Waals surface area contributed by atoms with E-state index in [1.54, 1.807) is 6.20 Å². The van der Waals surface area contributed by atoms with Gasteiger partial charge in [0.15, 0.2) is 6.04 Å². The van der Waals surface area contributed by atoms with Gasteiger partial charge in [-0.25, -0.2) is 9.97 Å². The highest BCUT2D eigenvalue weighted by Crippen LogP contribution is 2.35. The number of carbonyl (C=O) groups excluding carboxylic acids is 1. The molecule has 2 fully saturated rings. The number of nitrogens with two attached hydrogens (primary N) is 1. The number of hydrogen-bond donors (Lipinski definition) is 3. The normalized spacial score (nSPS) is 21.9. The Labute approximate surface area is 211 Å². The van der Waals surface area contributed by atoms with Crippen molar-refractivity contribution in [1.29, 1.82) is 0 Å². The van der Waals surface area contributed by atoms with Crippen LogP contribution in [0.5, 0.6) is 0 Å². The smallest absolute Gasteiger partial charge is 0.276 e. The van der Waals surface area contributed by atoms with Gasteiger partial charge >= 0.3 is 0 Å². The fraction of sp³-hybridized carbons (Fsp3) is 0.370. The number of quaternary nitrogens is 1. The monoisotopic (exact) mass is 489 g/mol. The van der Waals surface area contributed by atoms with Crippen molar-refractivity contribution in [2.24, 2.45) is 5.73 Å². The molecule has 4 N–H and O–H groups in total. The summed E-state index contributed by atoms with van der Waals surface area (Å²) < 4.78 is 5.84. The van der Waals surface area contributed by atoms with Crippen molar-refractivity contribution in [2.75, 3.05) is 56.2 Å². The molecule has 9 nitrogen and oxygen atoms in total. The van der Waals surface area contributed by atoms with Crippen molar-refractivity contribution in [3.05, 3.63) is 60.8 Å². The minimum absolute atomic E-state index is 0.000102. The van der Waals surface area contributed by atoms with Crippen molar-refractivity contribution in [3.8, 4) is 11.3 Å². The Balaban J connectivity index is 1.32. The van der Waals surface area contributed by atoms with Crippen LogP contribution in [-0.2, 0) is 9.53 Å². The maximum Gasteiger partial charge on any atom is 0.276 e. The Kier molecular flexibility index (Phi) is 7.13. The van der Waals surface area contributed by atoms with E-state index in [1.807, 2.05) is 42.5 Å². The fourth-order valence-electron chi connectivity index (χ4n) is 5.45. The van der Waals surface area contributed by atoms with Crippen LogP contribution >= 0.6 is 0 Å². The quantitative estimate of drug-likeness (QED) is 0.417. The Bertz CT molecular complexity index is 1180. The van der Waals surface area contributed by atoms with E-state index >= 15 is 0 Å². The molecule has 3 heterocycles. The predicted molar refractivity (Wildman–Crippen MR) is 141 cm³/mol. The van der Waals surface area contributed by atoms with E-state index in [1.165, 1.54) is 5.69 Å². The van der Waals surface area contributed by atoms with Crippen LogP contribution < -0.4 is 20.4 Å². The lowest BCUT2D eigenvalue weighted by molar-refractivity contribution is -0.122. The number of morpholine rings is 1. The topological polar surface area (TPSA) is 114 Å². The van der Waals surface area contributed by atoms with E-state index in [0.717, 1.165) is 68.3 Å². The number of benzene rings is 2. The maximum absolute atomic E-state index is 12.1. The third-order valence-corrected chi connectivity index (χ3v) is 7.29. The summed E-state index contributed by atoms with van der Waals surface area (Å²) in [5.74, 6) is 0.210. The zero-order valence-corrected chi connectivity index (χ0v) is 20.3. The van der Waals surface area contributed by atoms with Gasteiger partial charge in [0.05, 0.1) is 32.1 Å². The molecule has 5 rings (SSSR count). The Morgan fingerprint density at radius 1 is 1.11 bits per heavy atom. The SMILES string of the molecule is NC(=O)[C@H]1CCC[N+]1(CCO)c1ccc(-c2ccnc(Nc3ccc(N4CCOCC4)cc3)n2)cc1. The molecule has 0 radical (unpaired) electrons. The molecule has 1 aromatic heterocycles. The van der Waals surface area contributed by atoms with Crippen LogP contribution in [0.3, 0.4) is 0 Å². The summed E-state index contributed by atoms with van der Waals surface area (Å²) in [6.07, 6.45) is 3.39. The first kappa shape index (κ1) is 24.2. The number of aliphatic hydroxyl groups excluding tert-OH is 1. The Hall–Kier alpha value is -3.53. The van der Waals surface area contributed by atoms with Crippen LogP contribution in [0.2, 0.25) is 0 Å². The van der Waals surface area contributed by atoms with Crippen molar-refractivity contribution >= 4 is 28.9 Å². The number of aromatic nitrogens is 2. The van der Waals surface area contributed by atoms with Gasteiger partial charge in [-0.2, -0.15) is 0 Å². The highest BCUT2D eigenvalue weighted by Gasteiger charge is 2.46. The molecule has 188 valence electrons. The molecule has 1 unspecified atom stereocenters. The number of carbonyl (C=O) groups is 1.